The van der Waals surface area contributed by atoms with E-state index in [2.05, 4.69) is 78.9 Å². The first-order valence-electron chi connectivity index (χ1n) is 7.54. The molecule has 0 unspecified atom stereocenters. The largest absolute Gasteiger partial charge is 0.336 e. The number of hydrogen-bond acceptors (Lipinski definition) is 1. The van der Waals surface area contributed by atoms with Crippen molar-refractivity contribution in [3.05, 3.63) is 70.6 Å². The zero-order chi connectivity index (χ0) is 15.7. The van der Waals surface area contributed by atoms with Crippen LogP contribution in [0, 0.1) is 11.7 Å². The van der Waals surface area contributed by atoms with Gasteiger partial charge < -0.3 is 4.98 Å². The molecule has 0 aliphatic heterocycles. The van der Waals surface area contributed by atoms with Crippen molar-refractivity contribution in [2.45, 2.75) is 26.7 Å². The van der Waals surface area contributed by atoms with Crippen molar-refractivity contribution < 1.29 is 0 Å². The number of aryl methyl sites for hydroxylation is 1. The fourth-order valence-electron chi connectivity index (χ4n) is 2.72. The number of aromatic nitrogens is 2. The first kappa shape index (κ1) is 14.8. The summed E-state index contributed by atoms with van der Waals surface area (Å²) in [6.45, 7) is 6.52. The Morgan fingerprint density at radius 1 is 1.00 bits per heavy atom. The normalized spacial score (nSPS) is 11.1. The van der Waals surface area contributed by atoms with Crippen molar-refractivity contribution in [2.75, 3.05) is 0 Å². The average molecular weight is 308 g/mol. The van der Waals surface area contributed by atoms with Gasteiger partial charge in [0.1, 0.15) is 0 Å². The van der Waals surface area contributed by atoms with E-state index in [1.54, 1.807) is 0 Å². The molecule has 22 heavy (non-hydrogen) atoms. The van der Waals surface area contributed by atoms with Gasteiger partial charge in [-0.15, -0.1) is 0 Å². The van der Waals surface area contributed by atoms with Crippen molar-refractivity contribution >= 4 is 12.2 Å². The Balaban J connectivity index is 2.23. The summed E-state index contributed by atoms with van der Waals surface area (Å²) in [6, 6.07) is 17.0. The minimum atomic E-state index is 0.443. The number of para-hydroxylation sites is 1. The van der Waals surface area contributed by atoms with Crippen LogP contribution in [0.4, 0.5) is 0 Å². The van der Waals surface area contributed by atoms with Gasteiger partial charge in [-0.1, -0.05) is 61.9 Å². The Kier molecular flexibility index (Phi) is 3.99. The summed E-state index contributed by atoms with van der Waals surface area (Å²) in [5.41, 5.74) is 5.97. The second-order valence-corrected chi connectivity index (χ2v) is 6.28. The molecule has 0 bridgehead atoms. The molecule has 112 valence electrons. The van der Waals surface area contributed by atoms with Gasteiger partial charge in [-0.2, -0.15) is 0 Å². The van der Waals surface area contributed by atoms with Gasteiger partial charge in [-0.3, -0.25) is 4.57 Å². The van der Waals surface area contributed by atoms with Crippen LogP contribution in [0.1, 0.15) is 30.9 Å². The molecule has 0 aliphatic carbocycles. The molecular weight excluding hydrogens is 288 g/mol. The van der Waals surface area contributed by atoms with Gasteiger partial charge in [-0.25, -0.2) is 0 Å². The number of aromatic amines is 1. The molecule has 1 N–H and O–H groups in total. The molecule has 1 heterocycles. The highest BCUT2D eigenvalue weighted by Crippen LogP contribution is 2.29. The SMILES string of the molecule is Cc1ccc(-c2c[nH]c(=S)n2-c2ccccc2C(C)C)cc1. The molecule has 3 heteroatoms. The molecule has 2 aromatic carbocycles. The van der Waals surface area contributed by atoms with Crippen LogP contribution in [-0.2, 0) is 0 Å². The molecule has 1 aromatic heterocycles. The van der Waals surface area contributed by atoms with E-state index in [4.69, 9.17) is 12.2 Å². The molecule has 0 fully saturated rings. The highest BCUT2D eigenvalue weighted by molar-refractivity contribution is 7.71. The zero-order valence-electron chi connectivity index (χ0n) is 13.1. The molecule has 0 atom stereocenters. The lowest BCUT2D eigenvalue weighted by atomic mass is 10.0. The maximum atomic E-state index is 5.53. The molecule has 2 nitrogen and oxygen atoms in total. The van der Waals surface area contributed by atoms with Crippen LogP contribution in [0.15, 0.2) is 54.7 Å². The lowest BCUT2D eigenvalue weighted by Gasteiger charge is -2.16. The fraction of sp³-hybridized carbons (Fsp3) is 0.211. The number of H-pyrrole nitrogens is 1. The molecule has 3 aromatic rings. The highest BCUT2D eigenvalue weighted by atomic mass is 32.1. The van der Waals surface area contributed by atoms with E-state index in [-0.39, 0.29) is 0 Å². The molecule has 0 spiro atoms. The second-order valence-electron chi connectivity index (χ2n) is 5.89. The van der Waals surface area contributed by atoms with Gasteiger partial charge in [-0.05, 0) is 36.7 Å². The van der Waals surface area contributed by atoms with Crippen LogP contribution in [0.5, 0.6) is 0 Å². The maximum Gasteiger partial charge on any atom is 0.182 e. The second kappa shape index (κ2) is 5.93. The van der Waals surface area contributed by atoms with Crippen molar-refractivity contribution in [1.29, 1.82) is 0 Å². The van der Waals surface area contributed by atoms with Gasteiger partial charge in [0.05, 0.1) is 11.4 Å². The smallest absolute Gasteiger partial charge is 0.182 e. The Bertz CT molecular complexity index is 838. The monoisotopic (exact) mass is 308 g/mol. The Labute approximate surface area is 136 Å². The number of nitrogens with zero attached hydrogens (tertiary/aromatic N) is 1. The maximum absolute atomic E-state index is 5.53. The topological polar surface area (TPSA) is 20.7 Å². The summed E-state index contributed by atoms with van der Waals surface area (Å²) in [7, 11) is 0. The van der Waals surface area contributed by atoms with E-state index in [9.17, 15) is 0 Å². The highest BCUT2D eigenvalue weighted by Gasteiger charge is 2.13. The number of hydrogen-bond donors (Lipinski definition) is 1. The van der Waals surface area contributed by atoms with E-state index in [1.807, 2.05) is 6.20 Å². The quantitative estimate of drug-likeness (QED) is 0.621. The average Bonchev–Trinajstić information content (AvgIpc) is 2.89. The molecule has 0 radical (unpaired) electrons. The van der Waals surface area contributed by atoms with Crippen LogP contribution < -0.4 is 0 Å². The van der Waals surface area contributed by atoms with Gasteiger partial charge in [0.2, 0.25) is 0 Å². The summed E-state index contributed by atoms with van der Waals surface area (Å²) in [5, 5.41) is 0. The lowest BCUT2D eigenvalue weighted by molar-refractivity contribution is 0.845. The molecule has 0 aliphatic rings. The molecule has 0 amide bonds. The van der Waals surface area contributed by atoms with Crippen LogP contribution in [0.3, 0.4) is 0 Å². The summed E-state index contributed by atoms with van der Waals surface area (Å²) < 4.78 is 2.86. The predicted octanol–water partition coefficient (Wildman–Crippen LogP) is 5.63. The number of imidazole rings is 1. The minimum absolute atomic E-state index is 0.443. The fourth-order valence-corrected chi connectivity index (χ4v) is 2.98. The van der Waals surface area contributed by atoms with Crippen LogP contribution >= 0.6 is 12.2 Å². The number of rotatable bonds is 3. The third-order valence-corrected chi connectivity index (χ3v) is 4.22. The lowest BCUT2D eigenvalue weighted by Crippen LogP contribution is -2.03. The summed E-state index contributed by atoms with van der Waals surface area (Å²) in [5.74, 6) is 0.443. The number of benzene rings is 2. The van der Waals surface area contributed by atoms with Gasteiger partial charge in [0.15, 0.2) is 4.77 Å². The summed E-state index contributed by atoms with van der Waals surface area (Å²) in [4.78, 5) is 3.19. The Morgan fingerprint density at radius 2 is 1.68 bits per heavy atom. The van der Waals surface area contributed by atoms with Gasteiger partial charge >= 0.3 is 0 Å². The molecule has 0 saturated carbocycles. The van der Waals surface area contributed by atoms with Gasteiger partial charge in [0, 0.05) is 11.8 Å². The van der Waals surface area contributed by atoms with E-state index < -0.39 is 0 Å². The number of nitrogens with one attached hydrogen (secondary N) is 1. The van der Waals surface area contributed by atoms with Crippen molar-refractivity contribution in [3.8, 4) is 16.9 Å². The van der Waals surface area contributed by atoms with Gasteiger partial charge in [0.25, 0.3) is 0 Å². The third-order valence-electron chi connectivity index (χ3n) is 3.92. The van der Waals surface area contributed by atoms with Crippen molar-refractivity contribution in [2.24, 2.45) is 0 Å². The van der Waals surface area contributed by atoms with Crippen LogP contribution in [-0.4, -0.2) is 9.55 Å². The Morgan fingerprint density at radius 3 is 2.36 bits per heavy atom. The standard InChI is InChI=1S/C19H20N2S/c1-13(2)16-6-4-5-7-17(16)21-18(12-20-19(21)22)15-10-8-14(3)9-11-15/h4-13H,1-3H3,(H,20,22). The molecule has 0 saturated heterocycles. The zero-order valence-corrected chi connectivity index (χ0v) is 13.9. The molecule has 3 rings (SSSR count). The van der Waals surface area contributed by atoms with E-state index >= 15 is 0 Å². The first-order chi connectivity index (χ1) is 10.6. The van der Waals surface area contributed by atoms with Crippen molar-refractivity contribution in [1.82, 2.24) is 9.55 Å². The van der Waals surface area contributed by atoms with E-state index in [0.717, 1.165) is 21.7 Å². The van der Waals surface area contributed by atoms with E-state index in [1.165, 1.54) is 11.1 Å². The van der Waals surface area contributed by atoms with Crippen LogP contribution in [0.2, 0.25) is 0 Å². The summed E-state index contributed by atoms with van der Waals surface area (Å²) >= 11 is 5.53. The third kappa shape index (κ3) is 2.64. The van der Waals surface area contributed by atoms with Crippen molar-refractivity contribution in [3.63, 3.8) is 0 Å². The first-order valence-corrected chi connectivity index (χ1v) is 7.95. The summed E-state index contributed by atoms with van der Waals surface area (Å²) in [6.07, 6.45) is 1.99. The van der Waals surface area contributed by atoms with E-state index in [0.29, 0.717) is 5.92 Å². The predicted molar refractivity (Wildman–Crippen MR) is 95.2 cm³/mol. The molecular formula is C19H20N2S. The Hall–Kier alpha value is -2.13. The minimum Gasteiger partial charge on any atom is -0.336 e. The van der Waals surface area contributed by atoms with Crippen LogP contribution in [0.25, 0.3) is 16.9 Å².